The molecule has 0 bridgehead atoms. The third-order valence-electron chi connectivity index (χ3n) is 4.38. The van der Waals surface area contributed by atoms with Crippen LogP contribution in [0.2, 0.25) is 0 Å². The number of fused-ring (bicyclic) bond motifs is 1. The summed E-state index contributed by atoms with van der Waals surface area (Å²) in [5, 5.41) is 6.50. The van der Waals surface area contributed by atoms with Crippen molar-refractivity contribution in [3.05, 3.63) is 35.2 Å². The maximum atomic E-state index is 12.8. The molecular weight excluding hydrogens is 380 g/mol. The lowest BCUT2D eigenvalue weighted by atomic mass is 10.0. The predicted molar refractivity (Wildman–Crippen MR) is 106 cm³/mol. The molecule has 7 nitrogen and oxygen atoms in total. The molecule has 1 fully saturated rings. The Labute approximate surface area is 167 Å². The topological polar surface area (TPSA) is 93.7 Å². The van der Waals surface area contributed by atoms with Gasteiger partial charge in [-0.25, -0.2) is 0 Å². The Morgan fingerprint density at radius 2 is 2.04 bits per heavy atom. The highest BCUT2D eigenvalue weighted by Gasteiger charge is 2.29. The third-order valence-corrected chi connectivity index (χ3v) is 5.49. The molecule has 3 rings (SSSR count). The first-order valence-corrected chi connectivity index (χ1v) is 10.0. The Balaban J connectivity index is 1.70. The maximum Gasteiger partial charge on any atom is 0.262 e. The van der Waals surface area contributed by atoms with Crippen LogP contribution in [0.25, 0.3) is 10.1 Å². The molecule has 1 aromatic carbocycles. The van der Waals surface area contributed by atoms with Crippen molar-refractivity contribution in [1.29, 1.82) is 0 Å². The normalized spacial score (nSPS) is 18.7. The minimum Gasteiger partial charge on any atom is -0.353 e. The predicted octanol–water partition coefficient (Wildman–Crippen LogP) is 2.10. The molecule has 0 spiro atoms. The number of ether oxygens (including phenoxy) is 2. The number of thiophene rings is 1. The third kappa shape index (κ3) is 5.15. The van der Waals surface area contributed by atoms with E-state index in [9.17, 15) is 14.4 Å². The van der Waals surface area contributed by atoms with Gasteiger partial charge in [-0.2, -0.15) is 0 Å². The SMILES string of the molecule is CC(C)CC(NC(=O)c1cc2ccccc2s1)C(=O)NC1COCOCC1=O. The van der Waals surface area contributed by atoms with Crippen molar-refractivity contribution in [2.75, 3.05) is 20.0 Å². The van der Waals surface area contributed by atoms with Gasteiger partial charge in [-0.05, 0) is 29.9 Å². The summed E-state index contributed by atoms with van der Waals surface area (Å²) in [6.45, 7) is 3.92. The fourth-order valence-electron chi connectivity index (χ4n) is 2.98. The van der Waals surface area contributed by atoms with Gasteiger partial charge in [0.25, 0.3) is 5.91 Å². The molecule has 2 atom stereocenters. The summed E-state index contributed by atoms with van der Waals surface area (Å²) in [5.74, 6) is -0.756. The van der Waals surface area contributed by atoms with Gasteiger partial charge in [0.15, 0.2) is 5.78 Å². The molecule has 2 aromatic rings. The number of nitrogens with one attached hydrogen (secondary N) is 2. The molecule has 150 valence electrons. The lowest BCUT2D eigenvalue weighted by molar-refractivity contribution is -0.130. The average Bonchev–Trinajstić information content (AvgIpc) is 3.00. The molecule has 2 N–H and O–H groups in total. The lowest BCUT2D eigenvalue weighted by Crippen LogP contribution is -2.53. The van der Waals surface area contributed by atoms with E-state index in [0.717, 1.165) is 10.1 Å². The second-order valence-electron chi connectivity index (χ2n) is 7.17. The molecule has 0 radical (unpaired) electrons. The molecule has 2 unspecified atom stereocenters. The Bertz CT molecular complexity index is 830. The Morgan fingerprint density at radius 3 is 2.79 bits per heavy atom. The highest BCUT2D eigenvalue weighted by molar-refractivity contribution is 7.20. The fourth-order valence-corrected chi connectivity index (χ4v) is 3.95. The van der Waals surface area contributed by atoms with Gasteiger partial charge in [0.05, 0.1) is 11.5 Å². The largest absolute Gasteiger partial charge is 0.353 e. The number of rotatable bonds is 6. The molecule has 0 saturated carbocycles. The van der Waals surface area contributed by atoms with Gasteiger partial charge < -0.3 is 20.1 Å². The molecule has 1 aliphatic rings. The molecule has 1 aliphatic heterocycles. The second kappa shape index (κ2) is 9.27. The summed E-state index contributed by atoms with van der Waals surface area (Å²) < 4.78 is 11.2. The minimum atomic E-state index is -0.772. The molecule has 0 aliphatic carbocycles. The van der Waals surface area contributed by atoms with Crippen molar-refractivity contribution < 1.29 is 23.9 Å². The zero-order valence-electron chi connectivity index (χ0n) is 15.9. The Hall–Kier alpha value is -2.29. The van der Waals surface area contributed by atoms with Gasteiger partial charge in [0.2, 0.25) is 5.91 Å². The number of hydrogen-bond acceptors (Lipinski definition) is 6. The van der Waals surface area contributed by atoms with Crippen LogP contribution >= 0.6 is 11.3 Å². The van der Waals surface area contributed by atoms with Crippen LogP contribution in [0.5, 0.6) is 0 Å². The Kier molecular flexibility index (Phi) is 6.77. The summed E-state index contributed by atoms with van der Waals surface area (Å²) in [7, 11) is 0. The fraction of sp³-hybridized carbons (Fsp3) is 0.450. The average molecular weight is 404 g/mol. The van der Waals surface area contributed by atoms with Crippen LogP contribution in [-0.2, 0) is 19.1 Å². The van der Waals surface area contributed by atoms with Crippen molar-refractivity contribution in [2.45, 2.75) is 32.4 Å². The van der Waals surface area contributed by atoms with Gasteiger partial charge in [-0.3, -0.25) is 14.4 Å². The molecule has 2 amide bonds. The first kappa shape index (κ1) is 20.4. The van der Waals surface area contributed by atoms with E-state index in [-0.39, 0.29) is 37.6 Å². The number of hydrogen-bond donors (Lipinski definition) is 2. The van der Waals surface area contributed by atoms with Crippen LogP contribution in [0.4, 0.5) is 0 Å². The molecule has 2 heterocycles. The van der Waals surface area contributed by atoms with Crippen molar-refractivity contribution in [1.82, 2.24) is 10.6 Å². The van der Waals surface area contributed by atoms with E-state index >= 15 is 0 Å². The first-order valence-electron chi connectivity index (χ1n) is 9.22. The van der Waals surface area contributed by atoms with Gasteiger partial charge in [-0.1, -0.05) is 32.0 Å². The van der Waals surface area contributed by atoms with Crippen LogP contribution < -0.4 is 10.6 Å². The van der Waals surface area contributed by atoms with E-state index in [1.807, 2.05) is 44.2 Å². The van der Waals surface area contributed by atoms with E-state index in [0.29, 0.717) is 11.3 Å². The zero-order valence-corrected chi connectivity index (χ0v) is 16.7. The van der Waals surface area contributed by atoms with Crippen molar-refractivity contribution in [3.63, 3.8) is 0 Å². The van der Waals surface area contributed by atoms with E-state index in [1.54, 1.807) is 0 Å². The molecule has 1 saturated heterocycles. The standard InChI is InChI=1S/C20H24N2O5S/c1-12(2)7-14(19(24)22-15-9-26-11-27-10-16(15)23)21-20(25)18-8-13-5-3-4-6-17(13)28-18/h3-6,8,12,14-15H,7,9-11H2,1-2H3,(H,21,25)(H,22,24). The number of carbonyl (C=O) groups is 3. The van der Waals surface area contributed by atoms with E-state index in [1.165, 1.54) is 11.3 Å². The quantitative estimate of drug-likeness (QED) is 0.769. The summed E-state index contributed by atoms with van der Waals surface area (Å²) in [5.41, 5.74) is 0. The molecule has 1 aromatic heterocycles. The smallest absolute Gasteiger partial charge is 0.262 e. The number of carbonyl (C=O) groups excluding carboxylic acids is 3. The van der Waals surface area contributed by atoms with E-state index in [4.69, 9.17) is 9.47 Å². The van der Waals surface area contributed by atoms with E-state index < -0.39 is 18.0 Å². The van der Waals surface area contributed by atoms with Crippen LogP contribution in [0.15, 0.2) is 30.3 Å². The number of amides is 2. The second-order valence-corrected chi connectivity index (χ2v) is 8.25. The highest BCUT2D eigenvalue weighted by Crippen LogP contribution is 2.25. The van der Waals surface area contributed by atoms with Crippen molar-refractivity contribution in [2.24, 2.45) is 5.92 Å². The van der Waals surface area contributed by atoms with E-state index in [2.05, 4.69) is 10.6 Å². The van der Waals surface area contributed by atoms with Crippen LogP contribution in [0.3, 0.4) is 0 Å². The first-order chi connectivity index (χ1) is 13.4. The zero-order chi connectivity index (χ0) is 20.1. The Morgan fingerprint density at radius 1 is 1.25 bits per heavy atom. The molecular formula is C20H24N2O5S. The highest BCUT2D eigenvalue weighted by atomic mass is 32.1. The summed E-state index contributed by atoms with van der Waals surface area (Å²) >= 11 is 1.38. The van der Waals surface area contributed by atoms with Crippen LogP contribution in [0.1, 0.15) is 29.9 Å². The van der Waals surface area contributed by atoms with Crippen molar-refractivity contribution in [3.8, 4) is 0 Å². The summed E-state index contributed by atoms with van der Waals surface area (Å²) in [4.78, 5) is 38.1. The number of Topliss-reactive ketones (excluding diaryl/α,β-unsaturated/α-hetero) is 1. The number of ketones is 1. The maximum absolute atomic E-state index is 12.8. The summed E-state index contributed by atoms with van der Waals surface area (Å²) in [6.07, 6.45) is 0.459. The van der Waals surface area contributed by atoms with Gasteiger partial charge in [0, 0.05) is 4.70 Å². The lowest BCUT2D eigenvalue weighted by Gasteiger charge is -2.22. The summed E-state index contributed by atoms with van der Waals surface area (Å²) in [6, 6.07) is 8.04. The van der Waals surface area contributed by atoms with Crippen LogP contribution in [-0.4, -0.2) is 49.7 Å². The van der Waals surface area contributed by atoms with Crippen LogP contribution in [0, 0.1) is 5.92 Å². The number of benzene rings is 1. The molecule has 28 heavy (non-hydrogen) atoms. The minimum absolute atomic E-state index is 0.0240. The van der Waals surface area contributed by atoms with Gasteiger partial charge >= 0.3 is 0 Å². The van der Waals surface area contributed by atoms with Gasteiger partial charge in [0.1, 0.15) is 25.5 Å². The van der Waals surface area contributed by atoms with Crippen molar-refractivity contribution >= 4 is 39.0 Å². The molecule has 8 heteroatoms. The monoisotopic (exact) mass is 404 g/mol. The van der Waals surface area contributed by atoms with Gasteiger partial charge in [-0.15, -0.1) is 11.3 Å².